The van der Waals surface area contributed by atoms with E-state index in [0.717, 1.165) is 11.3 Å². The predicted octanol–water partition coefficient (Wildman–Crippen LogP) is 1.94. The molecule has 8 nitrogen and oxygen atoms in total. The first-order chi connectivity index (χ1) is 11.4. The predicted molar refractivity (Wildman–Crippen MR) is 100 cm³/mol. The molecule has 1 amide bonds. The molecule has 0 spiro atoms. The molecule has 0 fully saturated rings. The van der Waals surface area contributed by atoms with Crippen LogP contribution in [0.2, 0.25) is 0 Å². The summed E-state index contributed by atoms with van der Waals surface area (Å²) in [6.07, 6.45) is -0.391. The van der Waals surface area contributed by atoms with Gasteiger partial charge in [-0.3, -0.25) is 4.90 Å². The smallest absolute Gasteiger partial charge is 0.414 e. The zero-order valence-electron chi connectivity index (χ0n) is 15.3. The van der Waals surface area contributed by atoms with Gasteiger partial charge in [0.15, 0.2) is 5.96 Å². The molecule has 0 unspecified atom stereocenters. The van der Waals surface area contributed by atoms with Crippen molar-refractivity contribution >= 4 is 29.4 Å². The summed E-state index contributed by atoms with van der Waals surface area (Å²) in [5, 5.41) is 0. The summed E-state index contributed by atoms with van der Waals surface area (Å²) in [4.78, 5) is 22.1. The average molecular weight is 346 g/mol. The summed E-state index contributed by atoms with van der Waals surface area (Å²) >= 11 is 0. The molecule has 25 heavy (non-hydrogen) atoms. The van der Waals surface area contributed by atoms with Gasteiger partial charge in [0.25, 0.3) is 0 Å². The lowest BCUT2D eigenvalue weighted by molar-refractivity contribution is 0.0579. The molecule has 0 aliphatic carbocycles. The van der Waals surface area contributed by atoms with E-state index in [1.807, 2.05) is 32.9 Å². The van der Waals surface area contributed by atoms with Gasteiger partial charge in [-0.1, -0.05) is 19.9 Å². The van der Waals surface area contributed by atoms with E-state index in [-0.39, 0.29) is 17.3 Å². The van der Waals surface area contributed by atoms with Crippen LogP contribution >= 0.6 is 0 Å². The largest absolute Gasteiger partial charge is 0.443 e. The minimum Gasteiger partial charge on any atom is -0.443 e. The van der Waals surface area contributed by atoms with E-state index in [0.29, 0.717) is 12.2 Å². The Morgan fingerprint density at radius 2 is 1.88 bits per heavy atom. The van der Waals surface area contributed by atoms with Gasteiger partial charge in [-0.15, -0.1) is 0 Å². The molecule has 1 aromatic rings. The number of hydrogen-bond acceptors (Lipinski definition) is 3. The normalized spacial score (nSPS) is 16.4. The van der Waals surface area contributed by atoms with Crippen LogP contribution in [0, 0.1) is 0 Å². The number of aliphatic imine (C=N–C) groups is 2. The number of anilines is 1. The summed E-state index contributed by atoms with van der Waals surface area (Å²) in [5.41, 5.74) is 17.8. The van der Waals surface area contributed by atoms with Crippen molar-refractivity contribution in [3.63, 3.8) is 0 Å². The molecule has 0 radical (unpaired) electrons. The Kier molecular flexibility index (Phi) is 4.66. The van der Waals surface area contributed by atoms with Gasteiger partial charge in [0.2, 0.25) is 5.96 Å². The fourth-order valence-electron chi connectivity index (χ4n) is 2.72. The summed E-state index contributed by atoms with van der Waals surface area (Å²) < 4.78 is 5.52. The number of carbonyl (C=O) groups excluding carboxylic acids is 1. The molecule has 0 saturated heterocycles. The Morgan fingerprint density at radius 1 is 1.24 bits per heavy atom. The fourth-order valence-corrected chi connectivity index (χ4v) is 2.72. The monoisotopic (exact) mass is 346 g/mol. The average Bonchev–Trinajstić information content (AvgIpc) is 2.67. The lowest BCUT2D eigenvalue weighted by atomic mass is 9.87. The highest BCUT2D eigenvalue weighted by Crippen LogP contribution is 2.42. The number of hydrogen-bond donors (Lipinski definition) is 3. The van der Waals surface area contributed by atoms with Crippen molar-refractivity contribution in [2.45, 2.75) is 45.6 Å². The highest BCUT2D eigenvalue weighted by atomic mass is 16.6. The van der Waals surface area contributed by atoms with E-state index in [1.54, 1.807) is 11.0 Å². The molecule has 0 bridgehead atoms. The molecule has 2 rings (SSSR count). The maximum absolute atomic E-state index is 12.6. The van der Waals surface area contributed by atoms with Crippen LogP contribution in [0.15, 0.2) is 28.2 Å². The first-order valence-electron chi connectivity index (χ1n) is 7.98. The molecule has 1 aromatic carbocycles. The quantitative estimate of drug-likeness (QED) is 0.528. The zero-order chi connectivity index (χ0) is 19.0. The van der Waals surface area contributed by atoms with Crippen LogP contribution < -0.4 is 22.1 Å². The van der Waals surface area contributed by atoms with Crippen LogP contribution in [0.25, 0.3) is 0 Å². The van der Waals surface area contributed by atoms with Gasteiger partial charge in [-0.05, 0) is 38.5 Å². The number of nitrogens with two attached hydrogens (primary N) is 3. The van der Waals surface area contributed by atoms with Crippen LogP contribution in [-0.4, -0.2) is 30.2 Å². The Balaban J connectivity index is 2.41. The molecule has 6 N–H and O–H groups in total. The molecule has 0 atom stereocenters. The van der Waals surface area contributed by atoms with E-state index < -0.39 is 11.7 Å². The minimum atomic E-state index is -0.572. The molecule has 1 aliphatic heterocycles. The number of ether oxygens (including phenoxy) is 1. The van der Waals surface area contributed by atoms with Crippen molar-refractivity contribution in [3.05, 3.63) is 23.8 Å². The summed E-state index contributed by atoms with van der Waals surface area (Å²) in [6.45, 7) is 10.2. The Bertz CT molecular complexity index is 742. The number of benzene rings is 1. The number of carbonyl (C=O) groups is 1. The van der Waals surface area contributed by atoms with Crippen LogP contribution in [0.3, 0.4) is 0 Å². The van der Waals surface area contributed by atoms with E-state index in [9.17, 15) is 4.79 Å². The summed E-state index contributed by atoms with van der Waals surface area (Å²) in [5.74, 6) is -0.222. The van der Waals surface area contributed by atoms with Gasteiger partial charge in [0.1, 0.15) is 5.60 Å². The lowest BCUT2D eigenvalue weighted by Gasteiger charge is -2.26. The standard InChI is InChI=1S/C17H26N6O2/c1-16(2,3)25-15(24)23-9-17(4,5)11-7-6-10(8-12(11)23)21-14(20)22-13(18)19/h6-8H,9H2,1-5H3,(H6,18,19,20,21,22). The second-order valence-electron chi connectivity index (χ2n) is 7.66. The Hall–Kier alpha value is -2.77. The molecular formula is C17H26N6O2. The zero-order valence-corrected chi connectivity index (χ0v) is 15.3. The van der Waals surface area contributed by atoms with E-state index in [4.69, 9.17) is 21.9 Å². The van der Waals surface area contributed by atoms with Crippen molar-refractivity contribution in [2.24, 2.45) is 27.2 Å². The molecule has 1 heterocycles. The van der Waals surface area contributed by atoms with Gasteiger partial charge in [0.05, 0.1) is 11.4 Å². The molecule has 0 saturated carbocycles. The van der Waals surface area contributed by atoms with E-state index >= 15 is 0 Å². The second kappa shape index (κ2) is 6.27. The number of fused-ring (bicyclic) bond motifs is 1. The SMILES string of the molecule is CC(C)(C)OC(=O)N1CC(C)(C)c2ccc(N=C(N)N=C(N)N)cc21. The number of rotatable bonds is 1. The van der Waals surface area contributed by atoms with Crippen molar-refractivity contribution < 1.29 is 9.53 Å². The van der Waals surface area contributed by atoms with Crippen LogP contribution in [0.4, 0.5) is 16.2 Å². The molecule has 0 aromatic heterocycles. The Labute approximate surface area is 147 Å². The number of nitrogens with zero attached hydrogens (tertiary/aromatic N) is 3. The second-order valence-corrected chi connectivity index (χ2v) is 7.66. The van der Waals surface area contributed by atoms with Crippen LogP contribution in [0.1, 0.15) is 40.2 Å². The molecule has 1 aliphatic rings. The van der Waals surface area contributed by atoms with E-state index in [2.05, 4.69) is 23.8 Å². The Morgan fingerprint density at radius 3 is 2.44 bits per heavy atom. The first kappa shape index (κ1) is 18.6. The number of guanidine groups is 2. The highest BCUT2D eigenvalue weighted by Gasteiger charge is 2.39. The molecule has 8 heteroatoms. The van der Waals surface area contributed by atoms with Gasteiger partial charge in [0, 0.05) is 12.0 Å². The molecular weight excluding hydrogens is 320 g/mol. The molecule has 136 valence electrons. The van der Waals surface area contributed by atoms with Crippen molar-refractivity contribution in [1.29, 1.82) is 0 Å². The summed E-state index contributed by atoms with van der Waals surface area (Å²) in [6, 6.07) is 5.53. The summed E-state index contributed by atoms with van der Waals surface area (Å²) in [7, 11) is 0. The third-order valence-electron chi connectivity index (χ3n) is 3.66. The maximum atomic E-state index is 12.6. The maximum Gasteiger partial charge on any atom is 0.414 e. The van der Waals surface area contributed by atoms with E-state index in [1.165, 1.54) is 0 Å². The third kappa shape index (κ3) is 4.40. The van der Waals surface area contributed by atoms with Crippen LogP contribution in [0.5, 0.6) is 0 Å². The van der Waals surface area contributed by atoms with Gasteiger partial charge < -0.3 is 21.9 Å². The van der Waals surface area contributed by atoms with Gasteiger partial charge >= 0.3 is 6.09 Å². The van der Waals surface area contributed by atoms with Crippen molar-refractivity contribution in [2.75, 3.05) is 11.4 Å². The van der Waals surface area contributed by atoms with Crippen molar-refractivity contribution in [3.8, 4) is 0 Å². The fraction of sp³-hybridized carbons (Fsp3) is 0.471. The number of amides is 1. The van der Waals surface area contributed by atoms with Crippen LogP contribution in [-0.2, 0) is 10.2 Å². The third-order valence-corrected chi connectivity index (χ3v) is 3.66. The van der Waals surface area contributed by atoms with Gasteiger partial charge in [-0.25, -0.2) is 9.79 Å². The minimum absolute atomic E-state index is 0.0546. The highest BCUT2D eigenvalue weighted by molar-refractivity contribution is 5.95. The van der Waals surface area contributed by atoms with Gasteiger partial charge in [-0.2, -0.15) is 4.99 Å². The lowest BCUT2D eigenvalue weighted by Crippen LogP contribution is -2.38. The first-order valence-corrected chi connectivity index (χ1v) is 7.98. The topological polar surface area (TPSA) is 132 Å². The van der Waals surface area contributed by atoms with Crippen molar-refractivity contribution in [1.82, 2.24) is 0 Å².